The molecule has 2 aromatic rings. The average molecular weight is 437 g/mol. The monoisotopic (exact) mass is 435 g/mol. The van der Waals surface area contributed by atoms with E-state index in [1.807, 2.05) is 24.3 Å². The second kappa shape index (κ2) is 7.56. The number of Topliss-reactive ketones (excluding diaryl/α,β-unsaturated/α-hetero) is 1. The normalized spacial score (nSPS) is 15.9. The Morgan fingerprint density at radius 1 is 1.16 bits per heavy atom. The summed E-state index contributed by atoms with van der Waals surface area (Å²) < 4.78 is 0.874. The molecular weight excluding hydrogens is 426 g/mol. The zero-order valence-electron chi connectivity index (χ0n) is 12.7. The molecule has 126 valence electrons. The predicted molar refractivity (Wildman–Crippen MR) is 103 cm³/mol. The van der Waals surface area contributed by atoms with Crippen molar-refractivity contribution in [3.05, 3.63) is 74.1 Å². The summed E-state index contributed by atoms with van der Waals surface area (Å²) in [6.45, 7) is -0.290. The molecular formula is C18H11BrClNO3S. The van der Waals surface area contributed by atoms with Gasteiger partial charge in [-0.2, -0.15) is 0 Å². The van der Waals surface area contributed by atoms with Gasteiger partial charge in [-0.3, -0.25) is 19.3 Å². The first-order chi connectivity index (χ1) is 11.9. The summed E-state index contributed by atoms with van der Waals surface area (Å²) in [5.41, 5.74) is 1.20. The lowest BCUT2D eigenvalue weighted by Gasteiger charge is -2.11. The summed E-state index contributed by atoms with van der Waals surface area (Å²) in [5, 5.41) is 0.0632. The van der Waals surface area contributed by atoms with Gasteiger partial charge in [0.25, 0.3) is 11.1 Å². The van der Waals surface area contributed by atoms with E-state index in [2.05, 4.69) is 15.9 Å². The molecule has 3 rings (SSSR count). The fourth-order valence-corrected chi connectivity index (χ4v) is 3.64. The Morgan fingerprint density at radius 2 is 1.88 bits per heavy atom. The van der Waals surface area contributed by atoms with Gasteiger partial charge in [0.15, 0.2) is 5.78 Å². The Hall–Kier alpha value is -1.89. The molecule has 0 saturated carbocycles. The van der Waals surface area contributed by atoms with Crippen LogP contribution < -0.4 is 0 Å². The maximum atomic E-state index is 12.5. The average Bonchev–Trinajstić information content (AvgIpc) is 2.83. The van der Waals surface area contributed by atoms with Crippen molar-refractivity contribution in [2.24, 2.45) is 0 Å². The summed E-state index contributed by atoms with van der Waals surface area (Å²) in [7, 11) is 0. The number of thioether (sulfide) groups is 1. The highest BCUT2D eigenvalue weighted by molar-refractivity contribution is 9.10. The molecule has 0 spiro atoms. The van der Waals surface area contributed by atoms with Gasteiger partial charge in [-0.05, 0) is 59.8 Å². The van der Waals surface area contributed by atoms with Crippen LogP contribution in [0.5, 0.6) is 0 Å². The Balaban J connectivity index is 1.77. The van der Waals surface area contributed by atoms with E-state index in [0.29, 0.717) is 15.5 Å². The molecule has 25 heavy (non-hydrogen) atoms. The lowest BCUT2D eigenvalue weighted by molar-refractivity contribution is -0.122. The van der Waals surface area contributed by atoms with E-state index >= 15 is 0 Å². The minimum Gasteiger partial charge on any atom is -0.292 e. The molecule has 0 aromatic heterocycles. The van der Waals surface area contributed by atoms with Gasteiger partial charge < -0.3 is 0 Å². The zero-order valence-corrected chi connectivity index (χ0v) is 15.9. The molecule has 0 atom stereocenters. The van der Waals surface area contributed by atoms with Crippen molar-refractivity contribution >= 4 is 62.3 Å². The standard InChI is InChI=1S/C18H11BrClNO3S/c19-13-3-1-2-11(8-13)9-16-17(23)21(18(24)25-16)10-15(22)12-4-6-14(20)7-5-12/h1-9H,10H2/b16-9-. The highest BCUT2D eigenvalue weighted by Crippen LogP contribution is 2.32. The number of halogens is 2. The highest BCUT2D eigenvalue weighted by atomic mass is 79.9. The number of carbonyl (C=O) groups is 3. The Morgan fingerprint density at radius 3 is 2.56 bits per heavy atom. The quantitative estimate of drug-likeness (QED) is 0.499. The summed E-state index contributed by atoms with van der Waals surface area (Å²) in [6.07, 6.45) is 1.64. The van der Waals surface area contributed by atoms with E-state index in [4.69, 9.17) is 11.6 Å². The molecule has 1 heterocycles. The molecule has 0 N–H and O–H groups in total. The van der Waals surface area contributed by atoms with Crippen LogP contribution in [-0.4, -0.2) is 28.4 Å². The second-order valence-corrected chi connectivity index (χ2v) is 7.60. The topological polar surface area (TPSA) is 54.5 Å². The third kappa shape index (κ3) is 4.21. The maximum absolute atomic E-state index is 12.5. The number of imide groups is 1. The SMILES string of the molecule is O=C(CN1C(=O)S/C(=C\c2cccc(Br)c2)C1=O)c1ccc(Cl)cc1. The molecule has 7 heteroatoms. The number of ketones is 1. The molecule has 4 nitrogen and oxygen atoms in total. The number of hydrogen-bond acceptors (Lipinski definition) is 4. The van der Waals surface area contributed by atoms with Gasteiger partial charge in [0.2, 0.25) is 0 Å². The number of benzene rings is 2. The van der Waals surface area contributed by atoms with E-state index in [1.165, 1.54) is 0 Å². The molecule has 0 unspecified atom stereocenters. The summed E-state index contributed by atoms with van der Waals surface area (Å²) in [6, 6.07) is 13.7. The van der Waals surface area contributed by atoms with E-state index in [0.717, 1.165) is 26.7 Å². The molecule has 2 amide bonds. The third-order valence-electron chi connectivity index (χ3n) is 3.49. The summed E-state index contributed by atoms with van der Waals surface area (Å²) in [4.78, 5) is 38.1. The molecule has 2 aromatic carbocycles. The van der Waals surface area contributed by atoms with Crippen LogP contribution in [0.25, 0.3) is 6.08 Å². The minimum absolute atomic E-state index is 0.290. The first-order valence-corrected chi connectivity index (χ1v) is 9.22. The Labute approximate surface area is 162 Å². The van der Waals surface area contributed by atoms with Crippen molar-refractivity contribution in [2.75, 3.05) is 6.54 Å². The summed E-state index contributed by atoms with van der Waals surface area (Å²) >= 11 is 9.99. The molecule has 0 radical (unpaired) electrons. The van der Waals surface area contributed by atoms with Gasteiger partial charge in [0, 0.05) is 15.1 Å². The van der Waals surface area contributed by atoms with Crippen molar-refractivity contribution in [1.82, 2.24) is 4.90 Å². The van der Waals surface area contributed by atoms with E-state index < -0.39 is 11.1 Å². The largest absolute Gasteiger partial charge is 0.293 e. The van der Waals surface area contributed by atoms with E-state index in [9.17, 15) is 14.4 Å². The first-order valence-electron chi connectivity index (χ1n) is 7.24. The van der Waals surface area contributed by atoms with Crippen molar-refractivity contribution in [3.63, 3.8) is 0 Å². The van der Waals surface area contributed by atoms with E-state index in [-0.39, 0.29) is 12.3 Å². The summed E-state index contributed by atoms with van der Waals surface area (Å²) in [5.74, 6) is -0.778. The van der Waals surface area contributed by atoms with Gasteiger partial charge in [-0.15, -0.1) is 0 Å². The van der Waals surface area contributed by atoms with Gasteiger partial charge in [-0.1, -0.05) is 39.7 Å². The third-order valence-corrected chi connectivity index (χ3v) is 5.14. The van der Waals surface area contributed by atoms with Crippen LogP contribution in [0.15, 0.2) is 57.9 Å². The van der Waals surface area contributed by atoms with Crippen molar-refractivity contribution in [3.8, 4) is 0 Å². The van der Waals surface area contributed by atoms with Crippen LogP contribution >= 0.6 is 39.3 Å². The maximum Gasteiger partial charge on any atom is 0.293 e. The fraction of sp³-hybridized carbons (Fsp3) is 0.0556. The predicted octanol–water partition coefficient (Wildman–Crippen LogP) is 5.02. The zero-order chi connectivity index (χ0) is 18.0. The molecule has 1 fully saturated rings. The second-order valence-electron chi connectivity index (χ2n) is 5.25. The van der Waals surface area contributed by atoms with Crippen molar-refractivity contribution in [1.29, 1.82) is 0 Å². The van der Waals surface area contributed by atoms with Crippen LogP contribution in [0.4, 0.5) is 4.79 Å². The molecule has 1 aliphatic heterocycles. The first kappa shape index (κ1) is 17.9. The van der Waals surface area contributed by atoms with Gasteiger partial charge >= 0.3 is 0 Å². The van der Waals surface area contributed by atoms with Crippen LogP contribution in [0.2, 0.25) is 5.02 Å². The van der Waals surface area contributed by atoms with Gasteiger partial charge in [0.1, 0.15) is 0 Å². The Kier molecular flexibility index (Phi) is 5.42. The number of carbonyl (C=O) groups excluding carboxylic acids is 3. The van der Waals surface area contributed by atoms with Crippen LogP contribution in [-0.2, 0) is 4.79 Å². The molecule has 1 aliphatic rings. The Bertz CT molecular complexity index is 895. The lowest BCUT2D eigenvalue weighted by Crippen LogP contribution is -2.33. The van der Waals surface area contributed by atoms with Crippen LogP contribution in [0.1, 0.15) is 15.9 Å². The van der Waals surface area contributed by atoms with Gasteiger partial charge in [-0.25, -0.2) is 0 Å². The van der Waals surface area contributed by atoms with E-state index in [1.54, 1.807) is 30.3 Å². The number of nitrogens with zero attached hydrogens (tertiary/aromatic N) is 1. The van der Waals surface area contributed by atoms with Gasteiger partial charge in [0.05, 0.1) is 11.4 Å². The highest BCUT2D eigenvalue weighted by Gasteiger charge is 2.36. The molecule has 0 aliphatic carbocycles. The van der Waals surface area contributed by atoms with Crippen LogP contribution in [0, 0.1) is 0 Å². The fourth-order valence-electron chi connectivity index (χ4n) is 2.25. The minimum atomic E-state index is -0.461. The van der Waals surface area contributed by atoms with Crippen molar-refractivity contribution in [2.45, 2.75) is 0 Å². The molecule has 0 bridgehead atoms. The number of hydrogen-bond donors (Lipinski definition) is 0. The number of amides is 2. The van der Waals surface area contributed by atoms with Crippen molar-refractivity contribution < 1.29 is 14.4 Å². The smallest absolute Gasteiger partial charge is 0.292 e. The number of rotatable bonds is 4. The molecule has 1 saturated heterocycles. The van der Waals surface area contributed by atoms with Crippen LogP contribution in [0.3, 0.4) is 0 Å². The lowest BCUT2D eigenvalue weighted by atomic mass is 10.1.